The molecule has 158 valence electrons. The van der Waals surface area contributed by atoms with Crippen LogP contribution in [0, 0.1) is 0 Å². The van der Waals surface area contributed by atoms with Crippen molar-refractivity contribution in [1.82, 2.24) is 29.7 Å². The molecule has 0 radical (unpaired) electrons. The Morgan fingerprint density at radius 1 is 0.938 bits per heavy atom. The number of hydrogen-bond donors (Lipinski definition) is 1. The molecule has 6 rings (SSSR count). The summed E-state index contributed by atoms with van der Waals surface area (Å²) in [6.07, 6.45) is 14.1. The molecule has 1 aliphatic rings. The Morgan fingerprint density at radius 3 is 2.56 bits per heavy atom. The smallest absolute Gasteiger partial charge is 0.137 e. The second-order valence-corrected chi connectivity index (χ2v) is 8.67. The summed E-state index contributed by atoms with van der Waals surface area (Å²) in [5, 5.41) is 5.35. The van der Waals surface area contributed by atoms with Crippen LogP contribution in [0.3, 0.4) is 0 Å². The first-order valence-electron chi connectivity index (χ1n) is 11.1. The highest BCUT2D eigenvalue weighted by atomic mass is 15.2. The topological polar surface area (TPSA) is 72.3 Å². The molecule has 0 spiro atoms. The summed E-state index contributed by atoms with van der Waals surface area (Å²) in [7, 11) is 1.92. The van der Waals surface area contributed by atoms with Gasteiger partial charge < -0.3 is 4.98 Å². The van der Waals surface area contributed by atoms with Crippen molar-refractivity contribution in [3.8, 4) is 22.4 Å². The highest BCUT2D eigenvalue weighted by Crippen LogP contribution is 2.46. The zero-order chi connectivity index (χ0) is 21.5. The summed E-state index contributed by atoms with van der Waals surface area (Å²) in [5.74, 6) is 0. The molecule has 4 heterocycles. The Hall–Kier alpha value is -3.80. The van der Waals surface area contributed by atoms with Crippen LogP contribution >= 0.6 is 0 Å². The molecule has 6 nitrogen and oxygen atoms in total. The number of nitrogens with zero attached hydrogens (tertiary/aromatic N) is 5. The maximum atomic E-state index is 4.78. The molecule has 1 aromatic carbocycles. The third kappa shape index (κ3) is 3.02. The van der Waals surface area contributed by atoms with E-state index in [0.717, 1.165) is 52.0 Å². The summed E-state index contributed by atoms with van der Waals surface area (Å²) in [4.78, 5) is 17.4. The van der Waals surface area contributed by atoms with Gasteiger partial charge in [0.15, 0.2) is 0 Å². The van der Waals surface area contributed by atoms with E-state index >= 15 is 0 Å². The first-order chi connectivity index (χ1) is 15.7. The van der Waals surface area contributed by atoms with E-state index in [2.05, 4.69) is 62.5 Å². The van der Waals surface area contributed by atoms with E-state index < -0.39 is 0 Å². The Morgan fingerprint density at radius 2 is 1.78 bits per heavy atom. The molecule has 6 heteroatoms. The minimum Gasteiger partial charge on any atom is -0.345 e. The zero-order valence-electron chi connectivity index (χ0n) is 18.0. The van der Waals surface area contributed by atoms with Crippen molar-refractivity contribution in [2.24, 2.45) is 7.05 Å². The van der Waals surface area contributed by atoms with Crippen molar-refractivity contribution in [3.63, 3.8) is 0 Å². The Bertz CT molecular complexity index is 1390. The largest absolute Gasteiger partial charge is 0.345 e. The quantitative estimate of drug-likeness (QED) is 0.429. The number of nitrogens with one attached hydrogen (secondary N) is 1. The number of benzene rings is 1. The lowest BCUT2D eigenvalue weighted by atomic mass is 9.75. The van der Waals surface area contributed by atoms with Gasteiger partial charge in [0, 0.05) is 53.1 Å². The van der Waals surface area contributed by atoms with Crippen LogP contribution in [0.2, 0.25) is 0 Å². The molecule has 1 saturated carbocycles. The number of H-pyrrole nitrogens is 1. The number of aryl methyl sites for hydroxylation is 1. The Kier molecular flexibility index (Phi) is 4.38. The number of pyridine rings is 1. The molecule has 32 heavy (non-hydrogen) atoms. The van der Waals surface area contributed by atoms with E-state index in [1.165, 1.54) is 18.4 Å². The number of rotatable bonds is 4. The standard InChI is InChI=1S/C26H24N6/c1-32-16-19(14-31-32)18-11-21-22(15-28-25(21)27-13-18)23-12-24(30-17-29-23)26(9-5-6-10-26)20-7-3-2-4-8-20/h2-4,7-8,11-17H,5-6,9-10H2,1H3,(H,27,28). The maximum absolute atomic E-state index is 4.78. The lowest BCUT2D eigenvalue weighted by Gasteiger charge is -2.29. The predicted octanol–water partition coefficient (Wildman–Crippen LogP) is 5.28. The molecule has 1 fully saturated rings. The lowest BCUT2D eigenvalue weighted by Crippen LogP contribution is -2.25. The third-order valence-corrected chi connectivity index (χ3v) is 6.79. The Labute approximate surface area is 186 Å². The molecule has 0 bridgehead atoms. The van der Waals surface area contributed by atoms with Crippen LogP contribution in [-0.2, 0) is 12.5 Å². The number of aromatic nitrogens is 6. The number of aromatic amines is 1. The minimum atomic E-state index is -0.0375. The van der Waals surface area contributed by atoms with Gasteiger partial charge in [-0.05, 0) is 30.5 Å². The van der Waals surface area contributed by atoms with Gasteiger partial charge in [0.05, 0.1) is 17.6 Å². The van der Waals surface area contributed by atoms with Crippen molar-refractivity contribution in [2.75, 3.05) is 0 Å². The van der Waals surface area contributed by atoms with E-state index in [9.17, 15) is 0 Å². The van der Waals surface area contributed by atoms with E-state index in [1.54, 1.807) is 11.0 Å². The van der Waals surface area contributed by atoms with E-state index in [-0.39, 0.29) is 5.41 Å². The summed E-state index contributed by atoms with van der Waals surface area (Å²) >= 11 is 0. The summed E-state index contributed by atoms with van der Waals surface area (Å²) in [5.41, 5.74) is 7.33. The van der Waals surface area contributed by atoms with Crippen molar-refractivity contribution >= 4 is 11.0 Å². The SMILES string of the molecule is Cn1cc(-c2cnc3[nH]cc(-c4cc(C5(c6ccccc6)CCCC5)ncn4)c3c2)cn1. The van der Waals surface area contributed by atoms with Crippen LogP contribution in [0.25, 0.3) is 33.4 Å². The molecule has 0 saturated heterocycles. The monoisotopic (exact) mass is 420 g/mol. The fourth-order valence-corrected chi connectivity index (χ4v) is 5.14. The van der Waals surface area contributed by atoms with Crippen molar-refractivity contribution < 1.29 is 0 Å². The van der Waals surface area contributed by atoms with Gasteiger partial charge in [-0.1, -0.05) is 43.2 Å². The van der Waals surface area contributed by atoms with Gasteiger partial charge in [-0.15, -0.1) is 0 Å². The Balaban J connectivity index is 1.47. The molecule has 1 N–H and O–H groups in total. The lowest BCUT2D eigenvalue weighted by molar-refractivity contribution is 0.517. The normalized spacial score (nSPS) is 15.4. The van der Waals surface area contributed by atoms with E-state index in [1.807, 2.05) is 31.8 Å². The van der Waals surface area contributed by atoms with Gasteiger partial charge in [-0.3, -0.25) is 4.68 Å². The van der Waals surface area contributed by atoms with Crippen LogP contribution < -0.4 is 0 Å². The van der Waals surface area contributed by atoms with Crippen LogP contribution in [0.1, 0.15) is 36.9 Å². The summed E-state index contributed by atoms with van der Waals surface area (Å²) < 4.78 is 1.80. The molecule has 0 atom stereocenters. The minimum absolute atomic E-state index is 0.0375. The molecule has 5 aromatic rings. The van der Waals surface area contributed by atoms with Crippen LogP contribution in [-0.4, -0.2) is 29.7 Å². The molecular weight excluding hydrogens is 396 g/mol. The average molecular weight is 421 g/mol. The third-order valence-electron chi connectivity index (χ3n) is 6.79. The van der Waals surface area contributed by atoms with Gasteiger partial charge in [-0.25, -0.2) is 15.0 Å². The van der Waals surface area contributed by atoms with E-state index in [4.69, 9.17) is 4.98 Å². The highest BCUT2D eigenvalue weighted by Gasteiger charge is 2.38. The predicted molar refractivity (Wildman–Crippen MR) is 125 cm³/mol. The molecule has 0 unspecified atom stereocenters. The van der Waals surface area contributed by atoms with Crippen molar-refractivity contribution in [3.05, 3.63) is 84.8 Å². The maximum Gasteiger partial charge on any atom is 0.137 e. The van der Waals surface area contributed by atoms with Crippen LogP contribution in [0.4, 0.5) is 0 Å². The van der Waals surface area contributed by atoms with Crippen molar-refractivity contribution in [2.45, 2.75) is 31.1 Å². The number of fused-ring (bicyclic) bond motifs is 1. The summed E-state index contributed by atoms with van der Waals surface area (Å²) in [6, 6.07) is 15.2. The second kappa shape index (κ2) is 7.41. The molecule has 4 aromatic heterocycles. The van der Waals surface area contributed by atoms with Crippen molar-refractivity contribution in [1.29, 1.82) is 0 Å². The highest BCUT2D eigenvalue weighted by molar-refractivity contribution is 5.94. The van der Waals surface area contributed by atoms with E-state index in [0.29, 0.717) is 0 Å². The molecule has 1 aliphatic carbocycles. The fourth-order valence-electron chi connectivity index (χ4n) is 5.14. The van der Waals surface area contributed by atoms with Crippen LogP contribution in [0.5, 0.6) is 0 Å². The van der Waals surface area contributed by atoms with Gasteiger partial charge in [0.1, 0.15) is 12.0 Å². The fraction of sp³-hybridized carbons (Fsp3) is 0.231. The second-order valence-electron chi connectivity index (χ2n) is 8.67. The molecule has 0 aliphatic heterocycles. The first kappa shape index (κ1) is 18.9. The van der Waals surface area contributed by atoms with Gasteiger partial charge >= 0.3 is 0 Å². The molecule has 0 amide bonds. The average Bonchev–Trinajstić information content (AvgIpc) is 3.59. The zero-order valence-corrected chi connectivity index (χ0v) is 18.0. The number of hydrogen-bond acceptors (Lipinski definition) is 4. The van der Waals surface area contributed by atoms with Gasteiger partial charge in [0.2, 0.25) is 0 Å². The van der Waals surface area contributed by atoms with Gasteiger partial charge in [0.25, 0.3) is 0 Å². The van der Waals surface area contributed by atoms with Crippen LogP contribution in [0.15, 0.2) is 73.6 Å². The summed E-state index contributed by atoms with van der Waals surface area (Å²) in [6.45, 7) is 0. The first-order valence-corrected chi connectivity index (χ1v) is 11.1. The molecular formula is C26H24N6. The van der Waals surface area contributed by atoms with Gasteiger partial charge in [-0.2, -0.15) is 5.10 Å².